The predicted octanol–water partition coefficient (Wildman–Crippen LogP) is 3.37. The van der Waals surface area contributed by atoms with Crippen LogP contribution >= 0.6 is 11.6 Å². The second-order valence-electron chi connectivity index (χ2n) is 5.09. The molecule has 2 unspecified atom stereocenters. The molecule has 6 nitrogen and oxygen atoms in total. The molecular formula is C15H12ClF3N2O4. The van der Waals surface area contributed by atoms with Crippen molar-refractivity contribution >= 4 is 23.4 Å². The number of Topliss-reactive ketones (excluding diaryl/α,β-unsaturated/α-hetero) is 1. The molecule has 25 heavy (non-hydrogen) atoms. The molecule has 0 saturated heterocycles. The third-order valence-corrected chi connectivity index (χ3v) is 3.56. The number of hydrogen-bond donors (Lipinski definition) is 1. The zero-order chi connectivity index (χ0) is 18.8. The molecule has 1 aromatic carbocycles. The molecule has 1 aromatic heterocycles. The number of ketones is 1. The number of halogens is 4. The van der Waals surface area contributed by atoms with E-state index in [4.69, 9.17) is 26.2 Å². The van der Waals surface area contributed by atoms with E-state index in [2.05, 4.69) is 4.98 Å². The highest BCUT2D eigenvalue weighted by Gasteiger charge is 2.38. The van der Waals surface area contributed by atoms with Crippen molar-refractivity contribution in [1.82, 2.24) is 9.55 Å². The van der Waals surface area contributed by atoms with Crippen LogP contribution in [0.1, 0.15) is 23.3 Å². The summed E-state index contributed by atoms with van der Waals surface area (Å²) in [7, 11) is 0. The lowest BCUT2D eigenvalue weighted by Crippen LogP contribution is -2.37. The number of fused-ring (bicyclic) bond motifs is 1. The number of carbonyl (C=O) groups excluding carboxylic acids is 1. The van der Waals surface area contributed by atoms with Gasteiger partial charge < -0.3 is 14.4 Å². The van der Waals surface area contributed by atoms with E-state index in [9.17, 15) is 18.0 Å². The summed E-state index contributed by atoms with van der Waals surface area (Å²) < 4.78 is 39.3. The number of carboxylic acids is 1. The molecule has 0 fully saturated rings. The predicted molar refractivity (Wildman–Crippen MR) is 80.8 cm³/mol. The van der Waals surface area contributed by atoms with E-state index in [0.717, 1.165) is 0 Å². The Labute approximate surface area is 144 Å². The Hall–Kier alpha value is -2.55. The van der Waals surface area contributed by atoms with Crippen molar-refractivity contribution in [3.8, 4) is 5.75 Å². The van der Waals surface area contributed by atoms with Crippen molar-refractivity contribution in [1.29, 1.82) is 0 Å². The van der Waals surface area contributed by atoms with Gasteiger partial charge in [0.2, 0.25) is 0 Å². The van der Waals surface area contributed by atoms with Gasteiger partial charge in [-0.3, -0.25) is 4.79 Å². The molecule has 2 aromatic rings. The van der Waals surface area contributed by atoms with E-state index >= 15 is 0 Å². The van der Waals surface area contributed by atoms with Crippen LogP contribution < -0.4 is 4.74 Å². The highest BCUT2D eigenvalue weighted by Crippen LogP contribution is 2.34. The number of imidazole rings is 1. The molecule has 0 amide bonds. The van der Waals surface area contributed by atoms with Crippen molar-refractivity contribution in [3.63, 3.8) is 0 Å². The number of carboxylic acid groups (broad SMARTS) is 1. The van der Waals surface area contributed by atoms with Crippen LogP contribution in [-0.4, -0.2) is 38.7 Å². The molecule has 134 valence electrons. The van der Waals surface area contributed by atoms with Crippen LogP contribution in [0.2, 0.25) is 5.02 Å². The summed E-state index contributed by atoms with van der Waals surface area (Å²) >= 11 is 5.92. The van der Waals surface area contributed by atoms with Crippen molar-refractivity contribution in [2.45, 2.75) is 25.2 Å². The smallest absolute Gasteiger partial charge is 0.487 e. The van der Waals surface area contributed by atoms with Crippen LogP contribution in [0.4, 0.5) is 13.2 Å². The summed E-state index contributed by atoms with van der Waals surface area (Å²) in [5, 5.41) is 7.66. The van der Waals surface area contributed by atoms with Crippen molar-refractivity contribution in [2.75, 3.05) is 0 Å². The maximum atomic E-state index is 12.5. The molecule has 10 heteroatoms. The van der Waals surface area contributed by atoms with Gasteiger partial charge in [-0.25, -0.2) is 9.78 Å². The minimum Gasteiger partial charge on any atom is -0.487 e. The summed E-state index contributed by atoms with van der Waals surface area (Å²) in [6.45, 7) is 1.88. The van der Waals surface area contributed by atoms with Gasteiger partial charge in [-0.1, -0.05) is 11.6 Å². The molecule has 3 rings (SSSR count). The molecule has 1 aliphatic heterocycles. The van der Waals surface area contributed by atoms with E-state index in [1.165, 1.54) is 0 Å². The molecule has 0 bridgehead atoms. The molecule has 2 heterocycles. The summed E-state index contributed by atoms with van der Waals surface area (Å²) in [4.78, 5) is 25.4. The molecule has 0 spiro atoms. The maximum absolute atomic E-state index is 12.5. The average Bonchev–Trinajstić information content (AvgIpc) is 3.02. The monoisotopic (exact) mass is 376 g/mol. The Bertz CT molecular complexity index is 778. The molecule has 2 atom stereocenters. The van der Waals surface area contributed by atoms with Crippen LogP contribution in [0.15, 0.2) is 36.9 Å². The van der Waals surface area contributed by atoms with E-state index < -0.39 is 18.2 Å². The van der Waals surface area contributed by atoms with Gasteiger partial charge in [0.15, 0.2) is 5.78 Å². The quantitative estimate of drug-likeness (QED) is 0.825. The highest BCUT2D eigenvalue weighted by atomic mass is 35.5. The Morgan fingerprint density at radius 2 is 2.04 bits per heavy atom. The summed E-state index contributed by atoms with van der Waals surface area (Å²) in [5.74, 6) is -2.16. The molecule has 0 aliphatic carbocycles. The highest BCUT2D eigenvalue weighted by molar-refractivity contribution is 6.31. The normalized spacial score (nSPS) is 19.3. The van der Waals surface area contributed by atoms with E-state index in [1.807, 2.05) is 6.92 Å². The standard InChI is InChI=1S/C13H11ClN2O2.C2HF3O2/c1-8-12(16-5-4-15-7-16)13(17)10-6-9(14)2-3-11(10)18-8;3-2(4,5)1(6)7/h2-8,12H,1H3;(H,6,7). The number of aromatic nitrogens is 2. The summed E-state index contributed by atoms with van der Waals surface area (Å²) in [5.41, 5.74) is 0.527. The fourth-order valence-electron chi connectivity index (χ4n) is 2.25. The summed E-state index contributed by atoms with van der Waals surface area (Å²) in [6, 6.07) is 4.71. The second-order valence-corrected chi connectivity index (χ2v) is 5.52. The first-order valence-electron chi connectivity index (χ1n) is 6.89. The maximum Gasteiger partial charge on any atom is 0.490 e. The number of rotatable bonds is 1. The van der Waals surface area contributed by atoms with E-state index in [0.29, 0.717) is 16.3 Å². The number of nitrogens with zero attached hydrogens (tertiary/aromatic N) is 2. The van der Waals surface area contributed by atoms with Crippen LogP contribution in [0.25, 0.3) is 0 Å². The fourth-order valence-corrected chi connectivity index (χ4v) is 2.42. The van der Waals surface area contributed by atoms with E-state index in [-0.39, 0.29) is 11.9 Å². The van der Waals surface area contributed by atoms with E-state index in [1.54, 1.807) is 41.5 Å². The number of ether oxygens (including phenoxy) is 1. The first-order chi connectivity index (χ1) is 11.6. The van der Waals surface area contributed by atoms with Gasteiger partial charge >= 0.3 is 12.1 Å². The van der Waals surface area contributed by atoms with Crippen molar-refractivity contribution in [2.24, 2.45) is 0 Å². The molecule has 0 radical (unpaired) electrons. The van der Waals surface area contributed by atoms with Crippen molar-refractivity contribution < 1.29 is 32.6 Å². The number of benzene rings is 1. The zero-order valence-corrected chi connectivity index (χ0v) is 13.5. The lowest BCUT2D eigenvalue weighted by atomic mass is 9.96. The SMILES string of the molecule is CC1Oc2ccc(Cl)cc2C(=O)C1n1ccnc1.O=C(O)C(F)(F)F. The zero-order valence-electron chi connectivity index (χ0n) is 12.7. The van der Waals surface area contributed by atoms with Crippen LogP contribution in [0.3, 0.4) is 0 Å². The third-order valence-electron chi connectivity index (χ3n) is 3.32. The first kappa shape index (κ1) is 18.8. The first-order valence-corrected chi connectivity index (χ1v) is 7.27. The van der Waals surface area contributed by atoms with Crippen LogP contribution in [-0.2, 0) is 4.79 Å². The second kappa shape index (κ2) is 7.14. The lowest BCUT2D eigenvalue weighted by Gasteiger charge is -2.30. The molecule has 0 saturated carbocycles. The minimum atomic E-state index is -5.08. The lowest BCUT2D eigenvalue weighted by molar-refractivity contribution is -0.192. The van der Waals surface area contributed by atoms with Gasteiger partial charge in [-0.15, -0.1) is 0 Å². The number of aliphatic carboxylic acids is 1. The van der Waals surface area contributed by atoms with Gasteiger partial charge in [-0.2, -0.15) is 13.2 Å². The van der Waals surface area contributed by atoms with Gasteiger partial charge in [0, 0.05) is 17.4 Å². The Kier molecular flexibility index (Phi) is 5.36. The summed E-state index contributed by atoms with van der Waals surface area (Å²) in [6.07, 6.45) is -0.288. The fraction of sp³-hybridized carbons (Fsp3) is 0.267. The molecular weight excluding hydrogens is 365 g/mol. The van der Waals surface area contributed by atoms with Gasteiger partial charge in [0.1, 0.15) is 17.9 Å². The Balaban J connectivity index is 0.000000277. The van der Waals surface area contributed by atoms with Gasteiger partial charge in [0.25, 0.3) is 0 Å². The number of hydrogen-bond acceptors (Lipinski definition) is 4. The molecule has 1 N–H and O–H groups in total. The largest absolute Gasteiger partial charge is 0.490 e. The topological polar surface area (TPSA) is 81.4 Å². The number of alkyl halides is 3. The Morgan fingerprint density at radius 1 is 1.40 bits per heavy atom. The Morgan fingerprint density at radius 3 is 2.56 bits per heavy atom. The van der Waals surface area contributed by atoms with Crippen LogP contribution in [0.5, 0.6) is 5.75 Å². The third kappa shape index (κ3) is 4.30. The van der Waals surface area contributed by atoms with Gasteiger partial charge in [0.05, 0.1) is 11.9 Å². The average molecular weight is 377 g/mol. The number of carbonyl (C=O) groups is 2. The minimum absolute atomic E-state index is 0.00394. The van der Waals surface area contributed by atoms with Gasteiger partial charge in [-0.05, 0) is 25.1 Å². The van der Waals surface area contributed by atoms with Crippen LogP contribution in [0, 0.1) is 0 Å². The molecule has 1 aliphatic rings. The van der Waals surface area contributed by atoms with Crippen molar-refractivity contribution in [3.05, 3.63) is 47.5 Å².